The first-order valence-corrected chi connectivity index (χ1v) is 4.27. The van der Waals surface area contributed by atoms with Gasteiger partial charge in [0, 0.05) is 12.4 Å². The molecule has 0 radical (unpaired) electrons. The van der Waals surface area contributed by atoms with Gasteiger partial charge in [0.25, 0.3) is 0 Å². The third-order valence-corrected chi connectivity index (χ3v) is 2.40. The predicted molar refractivity (Wildman–Crippen MR) is 41.2 cm³/mol. The SMILES string of the molecule is CN1C(=O)COC[C@@H]1CBr. The van der Waals surface area contributed by atoms with E-state index in [1.54, 1.807) is 11.9 Å². The number of amides is 1. The minimum atomic E-state index is 0.0655. The molecule has 1 saturated heterocycles. The van der Waals surface area contributed by atoms with Gasteiger partial charge in [-0.25, -0.2) is 0 Å². The number of hydrogen-bond acceptors (Lipinski definition) is 2. The number of nitrogens with zero attached hydrogens (tertiary/aromatic N) is 1. The van der Waals surface area contributed by atoms with Gasteiger partial charge in [-0.05, 0) is 0 Å². The molecule has 1 heterocycles. The minimum absolute atomic E-state index is 0.0655. The van der Waals surface area contributed by atoms with Gasteiger partial charge in [-0.1, -0.05) is 15.9 Å². The van der Waals surface area contributed by atoms with Gasteiger partial charge in [-0.15, -0.1) is 0 Å². The summed E-state index contributed by atoms with van der Waals surface area (Å²) in [6.07, 6.45) is 0. The highest BCUT2D eigenvalue weighted by Crippen LogP contribution is 2.07. The standard InChI is InChI=1S/C6H10BrNO2/c1-8-5(2-7)3-10-4-6(8)9/h5H,2-4H2,1H3/t5-/m0/s1. The van der Waals surface area contributed by atoms with Crippen LogP contribution in [0, 0.1) is 0 Å². The predicted octanol–water partition coefficient (Wildman–Crippen LogP) is 0.238. The maximum atomic E-state index is 10.9. The molecule has 1 fully saturated rings. The maximum absolute atomic E-state index is 10.9. The molecule has 1 atom stereocenters. The second kappa shape index (κ2) is 3.34. The van der Waals surface area contributed by atoms with Crippen molar-refractivity contribution in [2.45, 2.75) is 6.04 Å². The van der Waals surface area contributed by atoms with Crippen molar-refractivity contribution in [3.63, 3.8) is 0 Å². The first kappa shape index (κ1) is 8.01. The number of alkyl halides is 1. The van der Waals surface area contributed by atoms with Crippen molar-refractivity contribution in [3.05, 3.63) is 0 Å². The number of halogens is 1. The highest BCUT2D eigenvalue weighted by molar-refractivity contribution is 9.09. The van der Waals surface area contributed by atoms with Crippen molar-refractivity contribution in [3.8, 4) is 0 Å². The Morgan fingerprint density at radius 3 is 3.10 bits per heavy atom. The van der Waals surface area contributed by atoms with Crippen LogP contribution in [0.5, 0.6) is 0 Å². The second-order valence-corrected chi connectivity index (χ2v) is 2.98. The molecule has 1 amide bonds. The fraction of sp³-hybridized carbons (Fsp3) is 0.833. The summed E-state index contributed by atoms with van der Waals surface area (Å²) in [5.74, 6) is 0.0655. The third-order valence-electron chi connectivity index (χ3n) is 1.66. The van der Waals surface area contributed by atoms with Gasteiger partial charge in [0.2, 0.25) is 5.91 Å². The van der Waals surface area contributed by atoms with Crippen LogP contribution in [0.15, 0.2) is 0 Å². The lowest BCUT2D eigenvalue weighted by Gasteiger charge is -2.30. The molecule has 3 nitrogen and oxygen atoms in total. The molecule has 0 bridgehead atoms. The van der Waals surface area contributed by atoms with E-state index in [4.69, 9.17) is 4.74 Å². The van der Waals surface area contributed by atoms with E-state index in [0.29, 0.717) is 6.61 Å². The zero-order valence-electron chi connectivity index (χ0n) is 5.84. The Hall–Kier alpha value is -0.0900. The molecule has 1 aliphatic rings. The number of likely N-dealkylation sites (N-methyl/N-ethyl adjacent to an activating group) is 1. The summed E-state index contributed by atoms with van der Waals surface area (Å²) in [7, 11) is 1.80. The Bertz CT molecular complexity index is 140. The summed E-state index contributed by atoms with van der Waals surface area (Å²) in [6, 6.07) is 0.209. The number of hydrogen-bond donors (Lipinski definition) is 0. The molecule has 1 rings (SSSR count). The van der Waals surface area contributed by atoms with Crippen LogP contribution >= 0.6 is 15.9 Å². The van der Waals surface area contributed by atoms with Crippen LogP contribution in [0.2, 0.25) is 0 Å². The van der Waals surface area contributed by atoms with Gasteiger partial charge >= 0.3 is 0 Å². The highest BCUT2D eigenvalue weighted by atomic mass is 79.9. The van der Waals surface area contributed by atoms with Gasteiger partial charge in [0.05, 0.1) is 12.6 Å². The van der Waals surface area contributed by atoms with Crippen LogP contribution in [0.1, 0.15) is 0 Å². The van der Waals surface area contributed by atoms with Crippen molar-refractivity contribution >= 4 is 21.8 Å². The molecule has 4 heteroatoms. The van der Waals surface area contributed by atoms with Crippen LogP contribution in [0.4, 0.5) is 0 Å². The van der Waals surface area contributed by atoms with Crippen LogP contribution in [0.3, 0.4) is 0 Å². The summed E-state index contributed by atoms with van der Waals surface area (Å²) < 4.78 is 5.03. The van der Waals surface area contributed by atoms with Gasteiger partial charge in [-0.2, -0.15) is 0 Å². The summed E-state index contributed by atoms with van der Waals surface area (Å²) in [6.45, 7) is 0.882. The van der Waals surface area contributed by atoms with Gasteiger partial charge in [-0.3, -0.25) is 4.79 Å². The molecule has 0 aliphatic carbocycles. The number of ether oxygens (including phenoxy) is 1. The molecule has 58 valence electrons. The lowest BCUT2D eigenvalue weighted by molar-refractivity contribution is -0.144. The smallest absolute Gasteiger partial charge is 0.248 e. The van der Waals surface area contributed by atoms with Crippen molar-refractivity contribution in [1.29, 1.82) is 0 Å². The fourth-order valence-corrected chi connectivity index (χ4v) is 1.47. The van der Waals surface area contributed by atoms with E-state index in [-0.39, 0.29) is 18.6 Å². The first-order valence-electron chi connectivity index (χ1n) is 3.15. The third kappa shape index (κ3) is 1.49. The number of rotatable bonds is 1. The summed E-state index contributed by atoms with van der Waals surface area (Å²) >= 11 is 3.30. The van der Waals surface area contributed by atoms with Crippen LogP contribution in [0.25, 0.3) is 0 Å². The van der Waals surface area contributed by atoms with Crippen LogP contribution in [-0.4, -0.2) is 42.4 Å². The second-order valence-electron chi connectivity index (χ2n) is 2.33. The highest BCUT2D eigenvalue weighted by Gasteiger charge is 2.23. The van der Waals surface area contributed by atoms with E-state index in [9.17, 15) is 4.79 Å². The number of carbonyl (C=O) groups excluding carboxylic acids is 1. The van der Waals surface area contributed by atoms with Crippen molar-refractivity contribution in [2.75, 3.05) is 25.6 Å². The Balaban J connectivity index is 2.51. The zero-order chi connectivity index (χ0) is 7.56. The van der Waals surface area contributed by atoms with Crippen molar-refractivity contribution in [1.82, 2.24) is 4.90 Å². The van der Waals surface area contributed by atoms with Gasteiger partial charge < -0.3 is 9.64 Å². The molecule has 1 aliphatic heterocycles. The van der Waals surface area contributed by atoms with E-state index in [2.05, 4.69) is 15.9 Å². The first-order chi connectivity index (χ1) is 4.75. The van der Waals surface area contributed by atoms with Crippen LogP contribution < -0.4 is 0 Å². The molecule has 0 saturated carbocycles. The molecule has 0 aromatic rings. The van der Waals surface area contributed by atoms with Gasteiger partial charge in [0.15, 0.2) is 0 Å². The Morgan fingerprint density at radius 2 is 2.60 bits per heavy atom. The molecule has 0 N–H and O–H groups in total. The van der Waals surface area contributed by atoms with Gasteiger partial charge in [0.1, 0.15) is 6.61 Å². The van der Waals surface area contributed by atoms with Crippen LogP contribution in [-0.2, 0) is 9.53 Å². The molecule has 0 unspecified atom stereocenters. The monoisotopic (exact) mass is 207 g/mol. The largest absolute Gasteiger partial charge is 0.369 e. The average molecular weight is 208 g/mol. The normalized spacial score (nSPS) is 27.2. The summed E-state index contributed by atoms with van der Waals surface area (Å²) in [5.41, 5.74) is 0. The molecule has 0 aromatic carbocycles. The summed E-state index contributed by atoms with van der Waals surface area (Å²) in [5, 5.41) is 0.787. The fourth-order valence-electron chi connectivity index (χ4n) is 0.848. The van der Waals surface area contributed by atoms with E-state index < -0.39 is 0 Å². The molecule has 0 aromatic heterocycles. The molecular formula is C6H10BrNO2. The maximum Gasteiger partial charge on any atom is 0.248 e. The van der Waals surface area contributed by atoms with E-state index in [1.165, 1.54) is 0 Å². The minimum Gasteiger partial charge on any atom is -0.369 e. The lowest BCUT2D eigenvalue weighted by atomic mass is 10.3. The van der Waals surface area contributed by atoms with Crippen molar-refractivity contribution < 1.29 is 9.53 Å². The lowest BCUT2D eigenvalue weighted by Crippen LogP contribution is -2.47. The topological polar surface area (TPSA) is 29.5 Å². The molecule has 10 heavy (non-hydrogen) atoms. The summed E-state index contributed by atoms with van der Waals surface area (Å²) in [4.78, 5) is 12.7. The molecular weight excluding hydrogens is 198 g/mol. The van der Waals surface area contributed by atoms with E-state index in [0.717, 1.165) is 5.33 Å². The van der Waals surface area contributed by atoms with E-state index in [1.807, 2.05) is 0 Å². The number of morpholine rings is 1. The molecule has 0 spiro atoms. The quantitative estimate of drug-likeness (QED) is 0.577. The zero-order valence-corrected chi connectivity index (χ0v) is 7.43. The Morgan fingerprint density at radius 1 is 1.90 bits per heavy atom. The number of carbonyl (C=O) groups is 1. The van der Waals surface area contributed by atoms with Crippen molar-refractivity contribution in [2.24, 2.45) is 0 Å². The average Bonchev–Trinajstić information content (AvgIpc) is 1.95. The van der Waals surface area contributed by atoms with E-state index >= 15 is 0 Å². The Kier molecular flexibility index (Phi) is 2.68. The Labute approximate surface area is 68.5 Å².